The van der Waals surface area contributed by atoms with Gasteiger partial charge in [0.25, 0.3) is 0 Å². The predicted molar refractivity (Wildman–Crippen MR) is 110 cm³/mol. The van der Waals surface area contributed by atoms with E-state index < -0.39 is 0 Å². The average Bonchev–Trinajstić information content (AvgIpc) is 3.01. The highest BCUT2D eigenvalue weighted by Gasteiger charge is 2.01. The summed E-state index contributed by atoms with van der Waals surface area (Å²) in [7, 11) is 0. The lowest BCUT2D eigenvalue weighted by Gasteiger charge is -2.10. The second kappa shape index (κ2) is 9.27. The van der Waals surface area contributed by atoms with Crippen molar-refractivity contribution >= 4 is 40.8 Å². The third kappa shape index (κ3) is 4.95. The maximum atomic E-state index is 4.63. The summed E-state index contributed by atoms with van der Waals surface area (Å²) in [5.41, 5.74) is 3.23. The number of halogens is 1. The quantitative estimate of drug-likeness (QED) is 0.327. The van der Waals surface area contributed by atoms with Crippen molar-refractivity contribution in [3.63, 3.8) is 0 Å². The molecule has 3 aromatic rings. The van der Waals surface area contributed by atoms with Gasteiger partial charge < -0.3 is 15.6 Å². The molecule has 0 unspecified atom stereocenters. The van der Waals surface area contributed by atoms with Crippen LogP contribution in [-0.4, -0.2) is 22.5 Å². The highest BCUT2D eigenvalue weighted by atomic mass is 127. The SMILES string of the molecule is CCNC(=NCc1cc2ccccc2[nH]1)NCc1ccccn1.I. The largest absolute Gasteiger partial charge is 0.357 e. The first-order valence-electron chi connectivity index (χ1n) is 7.84. The van der Waals surface area contributed by atoms with Crippen LogP contribution in [0.5, 0.6) is 0 Å². The van der Waals surface area contributed by atoms with Crippen LogP contribution in [0.4, 0.5) is 0 Å². The van der Waals surface area contributed by atoms with E-state index in [4.69, 9.17) is 0 Å². The average molecular weight is 435 g/mol. The first-order valence-corrected chi connectivity index (χ1v) is 7.84. The number of nitrogens with zero attached hydrogens (tertiary/aromatic N) is 2. The fourth-order valence-corrected chi connectivity index (χ4v) is 2.40. The third-order valence-corrected chi connectivity index (χ3v) is 3.50. The number of hydrogen-bond acceptors (Lipinski definition) is 2. The topological polar surface area (TPSA) is 65.1 Å². The number of para-hydroxylation sites is 1. The Morgan fingerprint density at radius 1 is 1.12 bits per heavy atom. The summed E-state index contributed by atoms with van der Waals surface area (Å²) >= 11 is 0. The number of rotatable bonds is 5. The number of pyridine rings is 1. The number of benzene rings is 1. The molecule has 0 aliphatic rings. The summed E-state index contributed by atoms with van der Waals surface area (Å²) in [6.45, 7) is 4.13. The highest BCUT2D eigenvalue weighted by Crippen LogP contribution is 2.14. The summed E-state index contributed by atoms with van der Waals surface area (Å²) in [5.74, 6) is 0.789. The van der Waals surface area contributed by atoms with Crippen LogP contribution >= 0.6 is 24.0 Å². The Kier molecular flexibility index (Phi) is 7.05. The second-order valence-electron chi connectivity index (χ2n) is 5.25. The number of aromatic nitrogens is 2. The summed E-state index contributed by atoms with van der Waals surface area (Å²) in [4.78, 5) is 12.3. The van der Waals surface area contributed by atoms with Crippen LogP contribution in [0.3, 0.4) is 0 Å². The van der Waals surface area contributed by atoms with Crippen molar-refractivity contribution in [3.05, 3.63) is 66.1 Å². The molecule has 0 aliphatic carbocycles. The van der Waals surface area contributed by atoms with E-state index in [1.54, 1.807) is 6.20 Å². The third-order valence-electron chi connectivity index (χ3n) is 3.50. The van der Waals surface area contributed by atoms with E-state index in [-0.39, 0.29) is 24.0 Å². The molecule has 3 rings (SSSR count). The lowest BCUT2D eigenvalue weighted by molar-refractivity contribution is 0.797. The number of aromatic amines is 1. The molecule has 5 nitrogen and oxygen atoms in total. The van der Waals surface area contributed by atoms with Crippen LogP contribution < -0.4 is 10.6 Å². The van der Waals surface area contributed by atoms with Crippen molar-refractivity contribution < 1.29 is 0 Å². The summed E-state index contributed by atoms with van der Waals surface area (Å²) in [6, 6.07) is 16.3. The molecule has 3 N–H and O–H groups in total. The van der Waals surface area contributed by atoms with E-state index in [0.717, 1.165) is 29.4 Å². The minimum atomic E-state index is 0. The van der Waals surface area contributed by atoms with Crippen LogP contribution in [0.2, 0.25) is 0 Å². The number of fused-ring (bicyclic) bond motifs is 1. The van der Waals surface area contributed by atoms with Gasteiger partial charge in [-0.2, -0.15) is 0 Å². The number of H-pyrrole nitrogens is 1. The van der Waals surface area contributed by atoms with Crippen LogP contribution in [-0.2, 0) is 13.1 Å². The molecule has 6 heteroatoms. The van der Waals surface area contributed by atoms with Gasteiger partial charge in [0.2, 0.25) is 0 Å². The Morgan fingerprint density at radius 2 is 1.96 bits per heavy atom. The van der Waals surface area contributed by atoms with Crippen molar-refractivity contribution in [1.29, 1.82) is 0 Å². The molecular formula is C18H22IN5. The van der Waals surface area contributed by atoms with Crippen LogP contribution in [0.15, 0.2) is 59.7 Å². The number of nitrogens with one attached hydrogen (secondary N) is 3. The Hall–Kier alpha value is -2.09. The van der Waals surface area contributed by atoms with E-state index in [0.29, 0.717) is 13.1 Å². The van der Waals surface area contributed by atoms with Gasteiger partial charge in [-0.25, -0.2) is 4.99 Å². The Bertz CT molecular complexity index is 749. The normalized spacial score (nSPS) is 11.1. The fraction of sp³-hybridized carbons (Fsp3) is 0.222. The number of aliphatic imine (C=N–C) groups is 1. The molecule has 1 aromatic carbocycles. The maximum Gasteiger partial charge on any atom is 0.191 e. The monoisotopic (exact) mass is 435 g/mol. The standard InChI is InChI=1S/C18H21N5.HI/c1-2-19-18(21-12-15-8-5-6-10-20-15)22-13-16-11-14-7-3-4-9-17(14)23-16;/h3-11,23H,2,12-13H2,1H3,(H2,19,21,22);1H. The molecule has 0 radical (unpaired) electrons. The Morgan fingerprint density at radius 3 is 2.71 bits per heavy atom. The van der Waals surface area contributed by atoms with Gasteiger partial charge in [0, 0.05) is 24.0 Å². The zero-order valence-corrected chi connectivity index (χ0v) is 16.0. The van der Waals surface area contributed by atoms with Gasteiger partial charge in [0.15, 0.2) is 5.96 Å². The molecule has 2 aromatic heterocycles. The Labute approximate surface area is 159 Å². The second-order valence-corrected chi connectivity index (χ2v) is 5.25. The van der Waals surface area contributed by atoms with Crippen LogP contribution in [0.25, 0.3) is 10.9 Å². The molecule has 24 heavy (non-hydrogen) atoms. The van der Waals surface area contributed by atoms with E-state index in [2.05, 4.69) is 50.7 Å². The number of guanidine groups is 1. The van der Waals surface area contributed by atoms with Gasteiger partial charge in [0.1, 0.15) is 0 Å². The van der Waals surface area contributed by atoms with Crippen LogP contribution in [0, 0.1) is 0 Å². The molecule has 0 atom stereocenters. The van der Waals surface area contributed by atoms with Gasteiger partial charge in [-0.05, 0) is 36.6 Å². The van der Waals surface area contributed by atoms with Crippen molar-refractivity contribution in [3.8, 4) is 0 Å². The van der Waals surface area contributed by atoms with Gasteiger partial charge in [-0.3, -0.25) is 4.98 Å². The first-order chi connectivity index (χ1) is 11.3. The summed E-state index contributed by atoms with van der Waals surface area (Å²) < 4.78 is 0. The van der Waals surface area contributed by atoms with Crippen molar-refractivity contribution in [2.24, 2.45) is 4.99 Å². The van der Waals surface area contributed by atoms with Crippen LogP contribution in [0.1, 0.15) is 18.3 Å². The first kappa shape index (κ1) is 18.3. The van der Waals surface area contributed by atoms with Gasteiger partial charge in [-0.15, -0.1) is 24.0 Å². The zero-order valence-electron chi connectivity index (χ0n) is 13.6. The molecule has 0 saturated heterocycles. The highest BCUT2D eigenvalue weighted by molar-refractivity contribution is 14.0. The van der Waals surface area contributed by atoms with Crippen molar-refractivity contribution in [1.82, 2.24) is 20.6 Å². The van der Waals surface area contributed by atoms with E-state index in [1.807, 2.05) is 30.3 Å². The lowest BCUT2D eigenvalue weighted by atomic mass is 10.2. The van der Waals surface area contributed by atoms with Gasteiger partial charge >= 0.3 is 0 Å². The lowest BCUT2D eigenvalue weighted by Crippen LogP contribution is -2.37. The summed E-state index contributed by atoms with van der Waals surface area (Å²) in [6.07, 6.45) is 1.80. The number of hydrogen-bond donors (Lipinski definition) is 3. The maximum absolute atomic E-state index is 4.63. The molecule has 126 valence electrons. The molecule has 2 heterocycles. The van der Waals surface area contributed by atoms with Gasteiger partial charge in [-0.1, -0.05) is 24.3 Å². The van der Waals surface area contributed by atoms with Crippen molar-refractivity contribution in [2.75, 3.05) is 6.54 Å². The Balaban J connectivity index is 0.00000208. The molecule has 0 saturated carbocycles. The summed E-state index contributed by atoms with van der Waals surface area (Å²) in [5, 5.41) is 7.77. The molecular weight excluding hydrogens is 413 g/mol. The minimum absolute atomic E-state index is 0. The van der Waals surface area contributed by atoms with E-state index in [9.17, 15) is 0 Å². The molecule has 0 amide bonds. The fourth-order valence-electron chi connectivity index (χ4n) is 2.40. The molecule has 0 fully saturated rings. The predicted octanol–water partition coefficient (Wildman–Crippen LogP) is 3.44. The van der Waals surface area contributed by atoms with E-state index >= 15 is 0 Å². The van der Waals surface area contributed by atoms with E-state index in [1.165, 1.54) is 5.39 Å². The smallest absolute Gasteiger partial charge is 0.191 e. The van der Waals surface area contributed by atoms with Gasteiger partial charge in [0.05, 0.1) is 18.8 Å². The van der Waals surface area contributed by atoms with Crippen molar-refractivity contribution in [2.45, 2.75) is 20.0 Å². The minimum Gasteiger partial charge on any atom is -0.357 e. The molecule has 0 spiro atoms. The molecule has 0 aliphatic heterocycles. The zero-order chi connectivity index (χ0) is 15.9. The molecule has 0 bridgehead atoms.